The summed E-state index contributed by atoms with van der Waals surface area (Å²) in [4.78, 5) is 15.7. The quantitative estimate of drug-likeness (QED) is 0.742. The van der Waals surface area contributed by atoms with Crippen molar-refractivity contribution in [3.8, 4) is 0 Å². The second-order valence-electron chi connectivity index (χ2n) is 6.89. The van der Waals surface area contributed by atoms with E-state index in [1.807, 2.05) is 11.6 Å². The Hall–Kier alpha value is -1.24. The van der Waals surface area contributed by atoms with E-state index >= 15 is 0 Å². The molecule has 1 atom stereocenters. The fourth-order valence-electron chi connectivity index (χ4n) is 3.26. The number of alkyl halides is 3. The molecule has 1 spiro atoms. The van der Waals surface area contributed by atoms with E-state index in [-0.39, 0.29) is 0 Å². The molecule has 3 rings (SSSR count). The first-order chi connectivity index (χ1) is 12.4. The maximum absolute atomic E-state index is 11.1. The summed E-state index contributed by atoms with van der Waals surface area (Å²) < 4.78 is 56.7. The van der Waals surface area contributed by atoms with Gasteiger partial charge in [-0.15, -0.1) is 11.3 Å². The fourth-order valence-corrected chi connectivity index (χ4v) is 4.43. The molecular weight excluding hydrogens is 407 g/mol. The van der Waals surface area contributed by atoms with E-state index in [1.165, 1.54) is 30.5 Å². The van der Waals surface area contributed by atoms with E-state index in [0.717, 1.165) is 19.6 Å². The van der Waals surface area contributed by atoms with Crippen LogP contribution in [-0.2, 0) is 21.4 Å². The summed E-state index contributed by atoms with van der Waals surface area (Å²) in [6.07, 6.45) is 1.57. The molecule has 12 heteroatoms. The topological polar surface area (TPSA) is 99.6 Å². The van der Waals surface area contributed by atoms with Gasteiger partial charge < -0.3 is 5.11 Å². The predicted octanol–water partition coefficient (Wildman–Crippen LogP) is 1.93. The molecule has 2 aliphatic rings. The summed E-state index contributed by atoms with van der Waals surface area (Å²) in [6.45, 7) is 3.79. The van der Waals surface area contributed by atoms with Gasteiger partial charge in [0.15, 0.2) is 0 Å². The van der Waals surface area contributed by atoms with Crippen LogP contribution in [0, 0.1) is 11.3 Å². The number of carbonyl (C=O) groups is 1. The minimum atomic E-state index is -5.08. The lowest BCUT2D eigenvalue weighted by Crippen LogP contribution is -2.36. The monoisotopic (exact) mass is 429 g/mol. The smallest absolute Gasteiger partial charge is 0.475 e. The predicted molar refractivity (Wildman–Crippen MR) is 93.7 cm³/mol. The molecule has 0 bridgehead atoms. The number of nitrogens with zero attached hydrogens (tertiary/aromatic N) is 2. The van der Waals surface area contributed by atoms with Crippen LogP contribution >= 0.6 is 11.3 Å². The molecule has 1 aromatic rings. The molecule has 1 saturated carbocycles. The SMILES string of the molecule is CS(=O)(=O)NCC1CC12CCN(Cc1nccs1)CC2.O=C(O)C(F)(F)F. The molecular formula is C15H22F3N3O4S2. The molecule has 0 aromatic carbocycles. The van der Waals surface area contributed by atoms with Crippen molar-refractivity contribution < 1.29 is 31.5 Å². The minimum Gasteiger partial charge on any atom is -0.475 e. The Balaban J connectivity index is 0.000000321. The number of hydrogen-bond acceptors (Lipinski definition) is 6. The van der Waals surface area contributed by atoms with Crippen LogP contribution in [0.5, 0.6) is 0 Å². The summed E-state index contributed by atoms with van der Waals surface area (Å²) in [7, 11) is -3.05. The fraction of sp³-hybridized carbons (Fsp3) is 0.733. The number of thiazole rings is 1. The van der Waals surface area contributed by atoms with Crippen LogP contribution in [0.1, 0.15) is 24.3 Å². The van der Waals surface area contributed by atoms with E-state index < -0.39 is 22.2 Å². The number of carboxylic acid groups (broad SMARTS) is 1. The first-order valence-corrected chi connectivity index (χ1v) is 11.0. The van der Waals surface area contributed by atoms with Crippen molar-refractivity contribution in [3.63, 3.8) is 0 Å². The number of aromatic nitrogens is 1. The van der Waals surface area contributed by atoms with Gasteiger partial charge in [0.1, 0.15) is 5.01 Å². The summed E-state index contributed by atoms with van der Waals surface area (Å²) >= 11 is 1.71. The van der Waals surface area contributed by atoms with E-state index in [4.69, 9.17) is 9.90 Å². The Morgan fingerprint density at radius 2 is 2.04 bits per heavy atom. The van der Waals surface area contributed by atoms with Crippen LogP contribution in [0.25, 0.3) is 0 Å². The first kappa shape index (κ1) is 22.1. The largest absolute Gasteiger partial charge is 0.490 e. The highest BCUT2D eigenvalue weighted by Gasteiger charge is 2.54. The number of hydrogen-bond donors (Lipinski definition) is 2. The number of carboxylic acids is 1. The van der Waals surface area contributed by atoms with Gasteiger partial charge in [0.25, 0.3) is 0 Å². The summed E-state index contributed by atoms with van der Waals surface area (Å²) in [5.74, 6) is -2.22. The van der Waals surface area contributed by atoms with Gasteiger partial charge in [-0.05, 0) is 43.7 Å². The van der Waals surface area contributed by atoms with Gasteiger partial charge in [-0.2, -0.15) is 13.2 Å². The average Bonchev–Trinajstić information content (AvgIpc) is 2.96. The van der Waals surface area contributed by atoms with Crippen molar-refractivity contribution >= 4 is 27.3 Å². The Kier molecular flexibility index (Phi) is 6.87. The standard InChI is InChI=1S/C13H21N3O2S2.C2HF3O2/c1-20(17,18)15-9-11-8-13(11)2-5-16(6-3-13)10-12-14-4-7-19-12;3-2(4,5)1(6)7/h4,7,11,15H,2-3,5-6,8-10H2,1H3;(H,6,7). The highest BCUT2D eigenvalue weighted by molar-refractivity contribution is 7.88. The average molecular weight is 429 g/mol. The van der Waals surface area contributed by atoms with Gasteiger partial charge in [-0.3, -0.25) is 4.90 Å². The lowest BCUT2D eigenvalue weighted by atomic mass is 9.91. The van der Waals surface area contributed by atoms with Gasteiger partial charge in [-0.25, -0.2) is 22.9 Å². The van der Waals surface area contributed by atoms with Crippen LogP contribution < -0.4 is 4.72 Å². The third-order valence-corrected chi connectivity index (χ3v) is 6.34. The summed E-state index contributed by atoms with van der Waals surface area (Å²) in [6, 6.07) is 0. The molecule has 1 aliphatic carbocycles. The number of likely N-dealkylation sites (tertiary alicyclic amines) is 1. The third-order valence-electron chi connectivity index (χ3n) is 4.89. The molecule has 2 fully saturated rings. The van der Waals surface area contributed by atoms with Crippen LogP contribution in [0.3, 0.4) is 0 Å². The van der Waals surface area contributed by atoms with E-state index in [9.17, 15) is 21.6 Å². The van der Waals surface area contributed by atoms with Gasteiger partial charge in [-0.1, -0.05) is 0 Å². The maximum Gasteiger partial charge on any atom is 0.490 e. The minimum absolute atomic E-state index is 0.414. The lowest BCUT2D eigenvalue weighted by molar-refractivity contribution is -0.192. The normalized spacial score (nSPS) is 22.1. The highest BCUT2D eigenvalue weighted by atomic mass is 32.2. The molecule has 2 heterocycles. The van der Waals surface area contributed by atoms with Gasteiger partial charge in [0, 0.05) is 18.1 Å². The van der Waals surface area contributed by atoms with Crippen molar-refractivity contribution in [1.82, 2.24) is 14.6 Å². The maximum atomic E-state index is 11.1. The Morgan fingerprint density at radius 3 is 2.48 bits per heavy atom. The molecule has 1 aromatic heterocycles. The number of sulfonamides is 1. The van der Waals surface area contributed by atoms with Crippen molar-refractivity contribution in [2.45, 2.75) is 32.0 Å². The Labute approximate surface area is 159 Å². The van der Waals surface area contributed by atoms with Gasteiger partial charge in [0.05, 0.1) is 12.8 Å². The molecule has 2 N–H and O–H groups in total. The number of rotatable bonds is 5. The molecule has 1 aliphatic heterocycles. The zero-order chi connectivity index (χ0) is 20.3. The Bertz CT molecular complexity index is 730. The number of piperidine rings is 1. The highest BCUT2D eigenvalue weighted by Crippen LogP contribution is 2.59. The van der Waals surface area contributed by atoms with Crippen LogP contribution in [0.2, 0.25) is 0 Å². The van der Waals surface area contributed by atoms with E-state index in [2.05, 4.69) is 14.6 Å². The zero-order valence-corrected chi connectivity index (χ0v) is 16.3. The van der Waals surface area contributed by atoms with E-state index in [1.54, 1.807) is 11.3 Å². The van der Waals surface area contributed by atoms with Crippen LogP contribution in [-0.4, -0.2) is 61.4 Å². The zero-order valence-electron chi connectivity index (χ0n) is 14.7. The summed E-state index contributed by atoms with van der Waals surface area (Å²) in [5.41, 5.74) is 0.414. The molecule has 0 radical (unpaired) electrons. The van der Waals surface area contributed by atoms with Gasteiger partial charge >= 0.3 is 12.1 Å². The molecule has 0 amide bonds. The number of halogens is 3. The Morgan fingerprint density at radius 1 is 1.44 bits per heavy atom. The third kappa shape index (κ3) is 7.01. The lowest BCUT2D eigenvalue weighted by Gasteiger charge is -2.32. The molecule has 27 heavy (non-hydrogen) atoms. The number of aliphatic carboxylic acids is 1. The van der Waals surface area contributed by atoms with Crippen LogP contribution in [0.4, 0.5) is 13.2 Å². The van der Waals surface area contributed by atoms with Crippen molar-refractivity contribution in [2.75, 3.05) is 25.9 Å². The van der Waals surface area contributed by atoms with Gasteiger partial charge in [0.2, 0.25) is 10.0 Å². The summed E-state index contributed by atoms with van der Waals surface area (Å²) in [5, 5.41) is 10.3. The van der Waals surface area contributed by atoms with Crippen molar-refractivity contribution in [1.29, 1.82) is 0 Å². The second-order valence-corrected chi connectivity index (χ2v) is 9.70. The number of nitrogens with one attached hydrogen (secondary N) is 1. The van der Waals surface area contributed by atoms with Crippen molar-refractivity contribution in [3.05, 3.63) is 16.6 Å². The molecule has 1 unspecified atom stereocenters. The first-order valence-electron chi connectivity index (χ1n) is 8.27. The second kappa shape index (κ2) is 8.41. The van der Waals surface area contributed by atoms with Crippen LogP contribution in [0.15, 0.2) is 11.6 Å². The molecule has 7 nitrogen and oxygen atoms in total. The van der Waals surface area contributed by atoms with E-state index in [0.29, 0.717) is 17.9 Å². The van der Waals surface area contributed by atoms with Crippen molar-refractivity contribution in [2.24, 2.45) is 11.3 Å². The molecule has 1 saturated heterocycles. The molecule has 154 valence electrons.